The van der Waals surface area contributed by atoms with Gasteiger partial charge in [-0.3, -0.25) is 0 Å². The summed E-state index contributed by atoms with van der Waals surface area (Å²) in [6.07, 6.45) is 5.27. The van der Waals surface area contributed by atoms with Crippen LogP contribution in [0.2, 0.25) is 0 Å². The lowest BCUT2D eigenvalue weighted by Gasteiger charge is -2.18. The van der Waals surface area contributed by atoms with E-state index in [1.54, 1.807) is 20.1 Å². The Morgan fingerprint density at radius 3 is 2.71 bits per heavy atom. The van der Waals surface area contributed by atoms with Gasteiger partial charge in [0.15, 0.2) is 17.2 Å². The first-order chi connectivity index (χ1) is 10.2. The van der Waals surface area contributed by atoms with Crippen LogP contribution in [0.5, 0.6) is 11.5 Å². The van der Waals surface area contributed by atoms with E-state index >= 15 is 0 Å². The van der Waals surface area contributed by atoms with E-state index in [1.807, 2.05) is 0 Å². The first kappa shape index (κ1) is 12.9. The SMILES string of the molecule is CCOC(=O)c1cc(OC23CC4CC2C3C4)c(OC)cn1. The Morgan fingerprint density at radius 1 is 1.38 bits per heavy atom. The van der Waals surface area contributed by atoms with Crippen LogP contribution < -0.4 is 9.47 Å². The minimum absolute atomic E-state index is 0.00519. The maximum Gasteiger partial charge on any atom is 0.357 e. The van der Waals surface area contributed by atoms with Crippen LogP contribution >= 0.6 is 0 Å². The average molecular weight is 289 g/mol. The van der Waals surface area contributed by atoms with E-state index in [0.29, 0.717) is 29.9 Å². The smallest absolute Gasteiger partial charge is 0.357 e. The van der Waals surface area contributed by atoms with E-state index < -0.39 is 5.97 Å². The summed E-state index contributed by atoms with van der Waals surface area (Å²) < 4.78 is 16.6. The van der Waals surface area contributed by atoms with Gasteiger partial charge in [0.05, 0.1) is 19.9 Å². The van der Waals surface area contributed by atoms with Crippen molar-refractivity contribution in [2.24, 2.45) is 17.8 Å². The van der Waals surface area contributed by atoms with Crippen molar-refractivity contribution >= 4 is 5.97 Å². The van der Waals surface area contributed by atoms with Crippen LogP contribution in [0.4, 0.5) is 0 Å². The molecule has 4 fully saturated rings. The molecule has 5 rings (SSSR count). The van der Waals surface area contributed by atoms with Crippen molar-refractivity contribution in [3.8, 4) is 11.5 Å². The molecule has 0 aromatic carbocycles. The molecule has 5 nitrogen and oxygen atoms in total. The van der Waals surface area contributed by atoms with E-state index in [9.17, 15) is 4.79 Å². The molecule has 0 N–H and O–H groups in total. The van der Waals surface area contributed by atoms with Crippen LogP contribution in [-0.4, -0.2) is 30.3 Å². The molecule has 4 saturated carbocycles. The Balaban J connectivity index is 1.61. The Bertz CT molecular complexity index is 588. The Labute approximate surface area is 123 Å². The molecule has 21 heavy (non-hydrogen) atoms. The lowest BCUT2D eigenvalue weighted by molar-refractivity contribution is 0.0518. The van der Waals surface area contributed by atoms with E-state index in [-0.39, 0.29) is 11.3 Å². The molecule has 2 unspecified atom stereocenters. The molecule has 0 spiro atoms. The second kappa shape index (κ2) is 4.36. The van der Waals surface area contributed by atoms with Gasteiger partial charge in [-0.15, -0.1) is 0 Å². The summed E-state index contributed by atoms with van der Waals surface area (Å²) >= 11 is 0. The molecule has 4 bridgehead atoms. The summed E-state index contributed by atoms with van der Waals surface area (Å²) in [5, 5.41) is 0. The van der Waals surface area contributed by atoms with Crippen molar-refractivity contribution in [1.29, 1.82) is 0 Å². The number of carbonyl (C=O) groups is 1. The first-order valence-electron chi connectivity index (χ1n) is 7.58. The minimum atomic E-state index is -0.425. The second-order valence-electron chi connectivity index (χ2n) is 6.25. The number of esters is 1. The third-order valence-electron chi connectivity index (χ3n) is 5.25. The van der Waals surface area contributed by atoms with Crippen LogP contribution in [-0.2, 0) is 4.74 Å². The Hall–Kier alpha value is -1.78. The Kier molecular flexibility index (Phi) is 2.68. The van der Waals surface area contributed by atoms with Crippen molar-refractivity contribution in [1.82, 2.24) is 4.98 Å². The summed E-state index contributed by atoms with van der Waals surface area (Å²) in [7, 11) is 1.59. The quantitative estimate of drug-likeness (QED) is 0.779. The fourth-order valence-corrected chi connectivity index (χ4v) is 4.41. The van der Waals surface area contributed by atoms with E-state index in [0.717, 1.165) is 12.3 Å². The molecular weight excluding hydrogens is 270 g/mol. The maximum atomic E-state index is 11.8. The Morgan fingerprint density at radius 2 is 2.14 bits per heavy atom. The minimum Gasteiger partial charge on any atom is -0.491 e. The molecule has 1 aromatic heterocycles. The van der Waals surface area contributed by atoms with Crippen molar-refractivity contribution in [2.45, 2.75) is 31.8 Å². The van der Waals surface area contributed by atoms with Gasteiger partial charge >= 0.3 is 5.97 Å². The number of hydrogen-bond acceptors (Lipinski definition) is 5. The molecule has 1 aromatic rings. The highest BCUT2D eigenvalue weighted by atomic mass is 16.5. The second-order valence-corrected chi connectivity index (χ2v) is 6.25. The third kappa shape index (κ3) is 1.76. The number of rotatable bonds is 5. The van der Waals surface area contributed by atoms with Crippen molar-refractivity contribution in [3.05, 3.63) is 18.0 Å². The van der Waals surface area contributed by atoms with Gasteiger partial charge < -0.3 is 14.2 Å². The molecule has 5 heteroatoms. The maximum absolute atomic E-state index is 11.8. The predicted molar refractivity (Wildman–Crippen MR) is 74.4 cm³/mol. The number of pyridine rings is 1. The zero-order valence-electron chi connectivity index (χ0n) is 12.3. The number of nitrogens with zero attached hydrogens (tertiary/aromatic N) is 1. The summed E-state index contributed by atoms with van der Waals surface area (Å²) in [6.45, 7) is 2.11. The standard InChI is InChI=1S/C16H19NO4/c1-3-20-15(18)12-6-13(14(19-2)8-17-12)21-16-7-9-4-10(16)11(16)5-9/h6,8-11H,3-5,7H2,1-2H3. The average Bonchev–Trinajstić information content (AvgIpc) is 2.93. The zero-order valence-corrected chi connectivity index (χ0v) is 12.3. The number of hydrogen-bond donors (Lipinski definition) is 0. The van der Waals surface area contributed by atoms with Crippen LogP contribution in [0.3, 0.4) is 0 Å². The molecule has 0 radical (unpaired) electrons. The van der Waals surface area contributed by atoms with E-state index in [2.05, 4.69) is 4.98 Å². The van der Waals surface area contributed by atoms with Crippen molar-refractivity contribution in [3.63, 3.8) is 0 Å². The van der Waals surface area contributed by atoms with Gasteiger partial charge in [-0.25, -0.2) is 9.78 Å². The molecular formula is C16H19NO4. The van der Waals surface area contributed by atoms with Crippen LogP contribution in [0.25, 0.3) is 0 Å². The molecule has 2 atom stereocenters. The first-order valence-corrected chi connectivity index (χ1v) is 7.58. The zero-order chi connectivity index (χ0) is 14.6. The van der Waals surface area contributed by atoms with E-state index in [4.69, 9.17) is 14.2 Å². The summed E-state index contributed by atoms with van der Waals surface area (Å²) in [6, 6.07) is 1.65. The highest BCUT2D eigenvalue weighted by Crippen LogP contribution is 2.74. The summed E-state index contributed by atoms with van der Waals surface area (Å²) in [5.41, 5.74) is 0.275. The lowest BCUT2D eigenvalue weighted by atomic mass is 10.1. The number of carbonyl (C=O) groups excluding carboxylic acids is 1. The normalized spacial score (nSPS) is 34.7. The molecule has 0 aliphatic heterocycles. The predicted octanol–water partition coefficient (Wildman–Crippen LogP) is 2.44. The third-order valence-corrected chi connectivity index (χ3v) is 5.25. The van der Waals surface area contributed by atoms with Crippen LogP contribution in [0.15, 0.2) is 12.3 Å². The number of methoxy groups -OCH3 is 1. The molecule has 1 heterocycles. The van der Waals surface area contributed by atoms with Gasteiger partial charge in [-0.1, -0.05) is 0 Å². The largest absolute Gasteiger partial charge is 0.491 e. The van der Waals surface area contributed by atoms with Gasteiger partial charge in [-0.2, -0.15) is 0 Å². The fourth-order valence-electron chi connectivity index (χ4n) is 4.41. The summed E-state index contributed by atoms with van der Waals surface area (Å²) in [5.74, 6) is 3.00. The van der Waals surface area contributed by atoms with Gasteiger partial charge in [0.2, 0.25) is 0 Å². The molecule has 4 aliphatic carbocycles. The molecule has 0 saturated heterocycles. The molecule has 112 valence electrons. The van der Waals surface area contributed by atoms with Crippen LogP contribution in [0.1, 0.15) is 36.7 Å². The highest BCUT2D eigenvalue weighted by molar-refractivity contribution is 5.87. The van der Waals surface area contributed by atoms with E-state index in [1.165, 1.54) is 19.0 Å². The summed E-state index contributed by atoms with van der Waals surface area (Å²) in [4.78, 5) is 15.9. The van der Waals surface area contributed by atoms with Crippen molar-refractivity contribution in [2.75, 3.05) is 13.7 Å². The highest BCUT2D eigenvalue weighted by Gasteiger charge is 2.77. The molecule has 0 amide bonds. The van der Waals surface area contributed by atoms with Gasteiger partial charge in [-0.05, 0) is 32.1 Å². The molecule has 4 aliphatic rings. The monoisotopic (exact) mass is 289 g/mol. The van der Waals surface area contributed by atoms with Gasteiger partial charge in [0.1, 0.15) is 5.60 Å². The van der Waals surface area contributed by atoms with Crippen LogP contribution in [0, 0.1) is 17.8 Å². The fraction of sp³-hybridized carbons (Fsp3) is 0.625. The van der Waals surface area contributed by atoms with Gasteiger partial charge in [0, 0.05) is 17.9 Å². The van der Waals surface area contributed by atoms with Gasteiger partial charge in [0.25, 0.3) is 0 Å². The number of ether oxygens (including phenoxy) is 3. The lowest BCUT2D eigenvalue weighted by Crippen LogP contribution is -2.19. The number of aromatic nitrogens is 1. The topological polar surface area (TPSA) is 57.7 Å². The van der Waals surface area contributed by atoms with Crippen molar-refractivity contribution < 1.29 is 19.0 Å².